The summed E-state index contributed by atoms with van der Waals surface area (Å²) in [6.45, 7) is 0. The number of aliphatic carboxylic acids is 1. The molecule has 96 valence electrons. The maximum absolute atomic E-state index is 10.9. The molecule has 0 bridgehead atoms. The Morgan fingerprint density at radius 3 is 2.78 bits per heavy atom. The number of benzene rings is 1. The summed E-state index contributed by atoms with van der Waals surface area (Å²) in [4.78, 5) is 31.3. The normalized spacial score (nSPS) is 11.6. The van der Waals surface area contributed by atoms with Gasteiger partial charge in [0.05, 0.1) is 15.5 Å². The maximum Gasteiger partial charge on any atom is 0.326 e. The summed E-state index contributed by atoms with van der Waals surface area (Å²) >= 11 is 5.81. The minimum Gasteiger partial charge on any atom is -0.480 e. The Morgan fingerprint density at radius 2 is 2.28 bits per heavy atom. The summed E-state index contributed by atoms with van der Waals surface area (Å²) in [5.41, 5.74) is -0.202. The van der Waals surface area contributed by atoms with E-state index in [1.54, 1.807) is 0 Å². The van der Waals surface area contributed by atoms with Crippen molar-refractivity contribution in [2.75, 3.05) is 0 Å². The number of nitrogens with zero attached hydrogens (tertiary/aromatic N) is 1. The molecule has 0 aliphatic carbocycles. The Hall–Kier alpha value is -2.15. The minimum absolute atomic E-state index is 0.0749. The number of carbonyl (C=O) groups is 2. The summed E-state index contributed by atoms with van der Waals surface area (Å²) in [5, 5.41) is 21.8. The van der Waals surface area contributed by atoms with Gasteiger partial charge in [0.2, 0.25) is 6.41 Å². The molecule has 1 amide bonds. The third-order valence-corrected chi connectivity index (χ3v) is 2.62. The molecule has 0 heterocycles. The van der Waals surface area contributed by atoms with E-state index in [1.165, 1.54) is 18.2 Å². The van der Waals surface area contributed by atoms with E-state index in [0.29, 0.717) is 0 Å². The summed E-state index contributed by atoms with van der Waals surface area (Å²) in [5.74, 6) is -1.30. The third-order valence-electron chi connectivity index (χ3n) is 2.27. The number of hydrogen-bond donors (Lipinski definition) is 2. The van der Waals surface area contributed by atoms with Crippen molar-refractivity contribution in [3.63, 3.8) is 0 Å². The molecule has 1 atom stereocenters. The highest BCUT2D eigenvalue weighted by Crippen LogP contribution is 2.27. The van der Waals surface area contributed by atoms with Crippen LogP contribution < -0.4 is 5.32 Å². The molecule has 0 radical (unpaired) electrons. The van der Waals surface area contributed by atoms with Crippen LogP contribution in [0.25, 0.3) is 0 Å². The molecule has 0 aromatic heterocycles. The Balaban J connectivity index is 3.12. The van der Waals surface area contributed by atoms with Crippen molar-refractivity contribution >= 4 is 29.7 Å². The molecule has 18 heavy (non-hydrogen) atoms. The molecule has 7 nitrogen and oxygen atoms in total. The van der Waals surface area contributed by atoms with E-state index in [-0.39, 0.29) is 29.1 Å². The molecule has 0 spiro atoms. The lowest BCUT2D eigenvalue weighted by Gasteiger charge is -2.12. The Labute approximate surface area is 107 Å². The van der Waals surface area contributed by atoms with Crippen molar-refractivity contribution in [1.29, 1.82) is 0 Å². The molecule has 0 aliphatic rings. The van der Waals surface area contributed by atoms with Crippen LogP contribution >= 0.6 is 11.6 Å². The topological polar surface area (TPSA) is 110 Å². The Kier molecular flexibility index (Phi) is 4.61. The van der Waals surface area contributed by atoms with Crippen molar-refractivity contribution in [2.45, 2.75) is 12.5 Å². The highest BCUT2D eigenvalue weighted by molar-refractivity contribution is 6.31. The van der Waals surface area contributed by atoms with Crippen LogP contribution in [0.15, 0.2) is 18.2 Å². The van der Waals surface area contributed by atoms with Crippen molar-refractivity contribution in [3.05, 3.63) is 38.9 Å². The minimum atomic E-state index is -1.30. The van der Waals surface area contributed by atoms with Gasteiger partial charge in [0.1, 0.15) is 6.04 Å². The number of hydrogen-bond acceptors (Lipinski definition) is 4. The Bertz CT molecular complexity index is 491. The summed E-state index contributed by atoms with van der Waals surface area (Å²) in [7, 11) is 0. The van der Waals surface area contributed by atoms with E-state index in [4.69, 9.17) is 16.7 Å². The van der Waals surface area contributed by atoms with Gasteiger partial charge in [-0.15, -0.1) is 0 Å². The van der Waals surface area contributed by atoms with Gasteiger partial charge in [0, 0.05) is 12.5 Å². The number of amides is 1. The molecule has 1 aromatic carbocycles. The van der Waals surface area contributed by atoms with E-state index in [2.05, 4.69) is 5.32 Å². The molecule has 0 saturated heterocycles. The van der Waals surface area contributed by atoms with Gasteiger partial charge in [-0.2, -0.15) is 0 Å². The number of carboxylic acids is 1. The van der Waals surface area contributed by atoms with Crippen LogP contribution in [-0.4, -0.2) is 28.5 Å². The first-order chi connectivity index (χ1) is 8.47. The van der Waals surface area contributed by atoms with Gasteiger partial charge in [-0.3, -0.25) is 14.9 Å². The fourth-order valence-electron chi connectivity index (χ4n) is 1.42. The molecule has 1 rings (SSSR count). The summed E-state index contributed by atoms with van der Waals surface area (Å²) in [6.07, 6.45) is -0.0362. The number of halogens is 1. The van der Waals surface area contributed by atoms with Crippen LogP contribution in [0.2, 0.25) is 5.02 Å². The highest BCUT2D eigenvalue weighted by atomic mass is 35.5. The number of nitrogens with one attached hydrogen (secondary N) is 1. The maximum atomic E-state index is 10.9. The van der Waals surface area contributed by atoms with Crippen LogP contribution in [0.1, 0.15) is 5.56 Å². The molecule has 8 heteroatoms. The average Bonchev–Trinajstić information content (AvgIpc) is 2.30. The SMILES string of the molecule is O=CNC(Cc1c(Cl)cccc1[N+](=O)[O-])C(=O)O. The second-order valence-corrected chi connectivity index (χ2v) is 3.78. The van der Waals surface area contributed by atoms with Gasteiger partial charge in [0.25, 0.3) is 5.69 Å². The number of rotatable bonds is 6. The van der Waals surface area contributed by atoms with Gasteiger partial charge >= 0.3 is 5.97 Å². The lowest BCUT2D eigenvalue weighted by atomic mass is 10.0. The number of carbonyl (C=O) groups excluding carboxylic acids is 1. The third kappa shape index (κ3) is 3.17. The molecular weight excluding hydrogens is 264 g/mol. The zero-order valence-electron chi connectivity index (χ0n) is 9.00. The van der Waals surface area contributed by atoms with Gasteiger partial charge in [-0.05, 0) is 6.07 Å². The molecule has 1 aromatic rings. The second-order valence-electron chi connectivity index (χ2n) is 3.37. The molecule has 0 fully saturated rings. The van der Waals surface area contributed by atoms with E-state index in [1.807, 2.05) is 0 Å². The van der Waals surface area contributed by atoms with Crippen molar-refractivity contribution in [2.24, 2.45) is 0 Å². The summed E-state index contributed by atoms with van der Waals surface area (Å²) in [6, 6.07) is 2.78. The van der Waals surface area contributed by atoms with Crippen LogP contribution in [0.5, 0.6) is 0 Å². The van der Waals surface area contributed by atoms with Gasteiger partial charge < -0.3 is 10.4 Å². The average molecular weight is 273 g/mol. The van der Waals surface area contributed by atoms with E-state index in [0.717, 1.165) is 0 Å². The molecule has 0 aliphatic heterocycles. The van der Waals surface area contributed by atoms with Crippen LogP contribution in [-0.2, 0) is 16.0 Å². The highest BCUT2D eigenvalue weighted by Gasteiger charge is 2.24. The molecular formula is C10H9ClN2O5. The fraction of sp³-hybridized carbons (Fsp3) is 0.200. The van der Waals surface area contributed by atoms with Gasteiger partial charge in [-0.25, -0.2) is 4.79 Å². The molecule has 0 saturated carbocycles. The predicted molar refractivity (Wildman–Crippen MR) is 62.4 cm³/mol. The van der Waals surface area contributed by atoms with Crippen molar-refractivity contribution in [1.82, 2.24) is 5.32 Å². The van der Waals surface area contributed by atoms with Crippen LogP contribution in [0.3, 0.4) is 0 Å². The first-order valence-electron chi connectivity index (χ1n) is 4.81. The summed E-state index contributed by atoms with van der Waals surface area (Å²) < 4.78 is 0. The largest absolute Gasteiger partial charge is 0.480 e. The quantitative estimate of drug-likeness (QED) is 0.456. The zero-order valence-corrected chi connectivity index (χ0v) is 9.76. The monoisotopic (exact) mass is 272 g/mol. The van der Waals surface area contributed by atoms with Crippen LogP contribution in [0, 0.1) is 10.1 Å². The standard InChI is InChI=1S/C10H9ClN2O5/c11-7-2-1-3-9(13(17)18)6(7)4-8(10(15)16)12-5-14/h1-3,5,8H,4H2,(H,12,14)(H,15,16). The predicted octanol–water partition coefficient (Wildman–Crippen LogP) is 0.990. The lowest BCUT2D eigenvalue weighted by Crippen LogP contribution is -2.37. The van der Waals surface area contributed by atoms with E-state index in [9.17, 15) is 19.7 Å². The second kappa shape index (κ2) is 5.97. The van der Waals surface area contributed by atoms with Gasteiger partial charge in [0.15, 0.2) is 0 Å². The van der Waals surface area contributed by atoms with Crippen LogP contribution in [0.4, 0.5) is 5.69 Å². The molecule has 1 unspecified atom stereocenters. The first-order valence-corrected chi connectivity index (χ1v) is 5.19. The van der Waals surface area contributed by atoms with Gasteiger partial charge in [-0.1, -0.05) is 17.7 Å². The molecule has 2 N–H and O–H groups in total. The number of nitro groups is 1. The first kappa shape index (κ1) is 13.9. The van der Waals surface area contributed by atoms with Crippen molar-refractivity contribution in [3.8, 4) is 0 Å². The smallest absolute Gasteiger partial charge is 0.326 e. The van der Waals surface area contributed by atoms with E-state index >= 15 is 0 Å². The fourth-order valence-corrected chi connectivity index (χ4v) is 1.67. The number of carboxylic acid groups (broad SMARTS) is 1. The van der Waals surface area contributed by atoms with E-state index < -0.39 is 16.9 Å². The number of nitro benzene ring substituents is 1. The zero-order chi connectivity index (χ0) is 13.7. The lowest BCUT2D eigenvalue weighted by molar-refractivity contribution is -0.385. The Morgan fingerprint density at radius 1 is 1.61 bits per heavy atom. The van der Waals surface area contributed by atoms with Crippen molar-refractivity contribution < 1.29 is 19.6 Å².